The highest BCUT2D eigenvalue weighted by molar-refractivity contribution is 5.90. The van der Waals surface area contributed by atoms with E-state index in [1.54, 1.807) is 12.1 Å². The third-order valence-corrected chi connectivity index (χ3v) is 3.82. The van der Waals surface area contributed by atoms with Crippen LogP contribution in [0, 0.1) is 0 Å². The molecule has 1 aliphatic carbocycles. The molecule has 0 aromatic heterocycles. The summed E-state index contributed by atoms with van der Waals surface area (Å²) in [5.41, 5.74) is -1.21. The lowest BCUT2D eigenvalue weighted by Crippen LogP contribution is -2.52. The Morgan fingerprint density at radius 2 is 1.83 bits per heavy atom. The summed E-state index contributed by atoms with van der Waals surface area (Å²) < 4.78 is 5.06. The van der Waals surface area contributed by atoms with Gasteiger partial charge in [-0.25, -0.2) is 9.59 Å². The van der Waals surface area contributed by atoms with Gasteiger partial charge in [0.25, 0.3) is 0 Å². The van der Waals surface area contributed by atoms with Crippen LogP contribution in [-0.4, -0.2) is 50.2 Å². The molecular formula is C16H18O7. The number of phenols is 1. The van der Waals surface area contributed by atoms with Gasteiger partial charge in [-0.2, -0.15) is 0 Å². The predicted molar refractivity (Wildman–Crippen MR) is 79.5 cm³/mol. The molecule has 1 saturated carbocycles. The van der Waals surface area contributed by atoms with E-state index in [0.717, 1.165) is 6.08 Å². The van der Waals surface area contributed by atoms with Gasteiger partial charge < -0.3 is 25.2 Å². The zero-order valence-corrected chi connectivity index (χ0v) is 12.3. The minimum Gasteiger partial charge on any atom is -0.508 e. The Morgan fingerprint density at radius 1 is 1.17 bits per heavy atom. The Hall–Kier alpha value is -2.38. The van der Waals surface area contributed by atoms with Gasteiger partial charge in [0, 0.05) is 18.9 Å². The number of carbonyl (C=O) groups is 2. The van der Waals surface area contributed by atoms with E-state index in [1.165, 1.54) is 18.2 Å². The average molecular weight is 322 g/mol. The lowest BCUT2D eigenvalue weighted by Gasteiger charge is -2.37. The molecule has 0 aliphatic heterocycles. The van der Waals surface area contributed by atoms with Crippen LogP contribution in [0.15, 0.2) is 30.3 Å². The van der Waals surface area contributed by atoms with Gasteiger partial charge in [0.1, 0.15) is 5.75 Å². The SMILES string of the molecule is O=C(/C=C/c1ccc(O)cc1)OC1(C(=O)O)CCC(O)C(O)C1. The molecular weight excluding hydrogens is 304 g/mol. The Kier molecular flexibility index (Phi) is 5.02. The molecule has 0 spiro atoms. The maximum atomic E-state index is 11.9. The number of rotatable bonds is 4. The zero-order valence-electron chi connectivity index (χ0n) is 12.3. The number of aromatic hydroxyl groups is 1. The van der Waals surface area contributed by atoms with Crippen LogP contribution in [0.5, 0.6) is 5.75 Å². The maximum Gasteiger partial charge on any atom is 0.348 e. The van der Waals surface area contributed by atoms with Crippen molar-refractivity contribution in [3.63, 3.8) is 0 Å². The molecule has 0 saturated heterocycles. The van der Waals surface area contributed by atoms with Crippen molar-refractivity contribution in [3.8, 4) is 5.75 Å². The zero-order chi connectivity index (χ0) is 17.0. The fourth-order valence-corrected chi connectivity index (χ4v) is 2.46. The summed E-state index contributed by atoms with van der Waals surface area (Å²) >= 11 is 0. The molecule has 0 bridgehead atoms. The second kappa shape index (κ2) is 6.80. The number of hydrogen-bond acceptors (Lipinski definition) is 6. The smallest absolute Gasteiger partial charge is 0.348 e. The van der Waals surface area contributed by atoms with Gasteiger partial charge in [-0.1, -0.05) is 12.1 Å². The number of aliphatic carboxylic acids is 1. The number of aliphatic hydroxyl groups is 2. The van der Waals surface area contributed by atoms with Gasteiger partial charge in [0.2, 0.25) is 5.60 Å². The van der Waals surface area contributed by atoms with Crippen LogP contribution in [0.1, 0.15) is 24.8 Å². The molecule has 3 atom stereocenters. The molecule has 0 heterocycles. The molecule has 3 unspecified atom stereocenters. The van der Waals surface area contributed by atoms with Gasteiger partial charge in [0.15, 0.2) is 0 Å². The van der Waals surface area contributed by atoms with E-state index in [9.17, 15) is 24.9 Å². The van der Waals surface area contributed by atoms with E-state index in [4.69, 9.17) is 9.84 Å². The van der Waals surface area contributed by atoms with Crippen molar-refractivity contribution in [2.45, 2.75) is 37.1 Å². The molecule has 0 radical (unpaired) electrons. The first-order valence-electron chi connectivity index (χ1n) is 7.12. The highest BCUT2D eigenvalue weighted by Crippen LogP contribution is 2.33. The van der Waals surface area contributed by atoms with E-state index >= 15 is 0 Å². The summed E-state index contributed by atoms with van der Waals surface area (Å²) in [5.74, 6) is -2.12. The fourth-order valence-electron chi connectivity index (χ4n) is 2.46. The predicted octanol–water partition coefficient (Wildman–Crippen LogP) is 0.678. The first-order chi connectivity index (χ1) is 10.8. The largest absolute Gasteiger partial charge is 0.508 e. The Morgan fingerprint density at radius 3 is 2.39 bits per heavy atom. The minimum absolute atomic E-state index is 0.0302. The van der Waals surface area contributed by atoms with E-state index in [0.29, 0.717) is 5.56 Å². The molecule has 4 N–H and O–H groups in total. The molecule has 1 aliphatic rings. The molecule has 1 aromatic rings. The Balaban J connectivity index is 2.07. The summed E-state index contributed by atoms with van der Waals surface area (Å²) in [7, 11) is 0. The highest BCUT2D eigenvalue weighted by Gasteiger charge is 2.48. The number of esters is 1. The summed E-state index contributed by atoms with van der Waals surface area (Å²) in [6.07, 6.45) is -0.174. The number of benzene rings is 1. The second-order valence-corrected chi connectivity index (χ2v) is 5.52. The summed E-state index contributed by atoms with van der Waals surface area (Å²) in [6, 6.07) is 6.05. The summed E-state index contributed by atoms with van der Waals surface area (Å²) in [5, 5.41) is 37.6. The number of aliphatic hydroxyl groups excluding tert-OH is 2. The number of carboxylic acid groups (broad SMARTS) is 1. The second-order valence-electron chi connectivity index (χ2n) is 5.52. The number of carbonyl (C=O) groups excluding carboxylic acids is 1. The summed E-state index contributed by atoms with van der Waals surface area (Å²) in [4.78, 5) is 23.3. The van der Waals surface area contributed by atoms with Crippen molar-refractivity contribution in [1.29, 1.82) is 0 Å². The van der Waals surface area contributed by atoms with E-state index in [2.05, 4.69) is 0 Å². The number of phenolic OH excluding ortho intramolecular Hbond substituents is 1. The molecule has 1 fully saturated rings. The van der Waals surface area contributed by atoms with Crippen LogP contribution in [0.4, 0.5) is 0 Å². The molecule has 2 rings (SSSR count). The van der Waals surface area contributed by atoms with Crippen molar-refractivity contribution >= 4 is 18.0 Å². The van der Waals surface area contributed by atoms with Crippen molar-refractivity contribution in [3.05, 3.63) is 35.9 Å². The van der Waals surface area contributed by atoms with Crippen LogP contribution < -0.4 is 0 Å². The molecule has 23 heavy (non-hydrogen) atoms. The number of ether oxygens (including phenoxy) is 1. The van der Waals surface area contributed by atoms with Crippen LogP contribution in [0.2, 0.25) is 0 Å². The monoisotopic (exact) mass is 322 g/mol. The van der Waals surface area contributed by atoms with Gasteiger partial charge in [-0.3, -0.25) is 0 Å². The van der Waals surface area contributed by atoms with Gasteiger partial charge in [0.05, 0.1) is 12.2 Å². The third-order valence-electron chi connectivity index (χ3n) is 3.82. The fraction of sp³-hybridized carbons (Fsp3) is 0.375. The van der Waals surface area contributed by atoms with E-state index in [-0.39, 0.29) is 25.0 Å². The lowest BCUT2D eigenvalue weighted by atomic mass is 9.81. The standard InChI is InChI=1S/C16H18O7/c17-11-4-1-10(2-5-11)3-6-14(20)23-16(15(21)22)8-7-12(18)13(19)9-16/h1-6,12-13,17-19H,7-9H2,(H,21,22)/b6-3+. The Labute approximate surface area is 132 Å². The quantitative estimate of drug-likeness (QED) is 0.474. The topological polar surface area (TPSA) is 124 Å². The third kappa shape index (κ3) is 4.08. The van der Waals surface area contributed by atoms with Crippen LogP contribution in [0.3, 0.4) is 0 Å². The normalized spacial score (nSPS) is 27.7. The van der Waals surface area contributed by atoms with Crippen LogP contribution in [0.25, 0.3) is 6.08 Å². The first kappa shape index (κ1) is 17.0. The average Bonchev–Trinajstić information content (AvgIpc) is 2.50. The lowest BCUT2D eigenvalue weighted by molar-refractivity contribution is -0.189. The van der Waals surface area contributed by atoms with Gasteiger partial charge >= 0.3 is 11.9 Å². The van der Waals surface area contributed by atoms with Crippen molar-refractivity contribution in [2.24, 2.45) is 0 Å². The van der Waals surface area contributed by atoms with Gasteiger partial charge in [-0.05, 0) is 30.2 Å². The minimum atomic E-state index is -1.84. The van der Waals surface area contributed by atoms with Crippen molar-refractivity contribution in [2.75, 3.05) is 0 Å². The molecule has 7 nitrogen and oxygen atoms in total. The van der Waals surface area contributed by atoms with E-state index < -0.39 is 29.7 Å². The summed E-state index contributed by atoms with van der Waals surface area (Å²) in [6.45, 7) is 0. The maximum absolute atomic E-state index is 11.9. The number of carboxylic acids is 1. The molecule has 124 valence electrons. The van der Waals surface area contributed by atoms with Crippen molar-refractivity contribution in [1.82, 2.24) is 0 Å². The Bertz CT molecular complexity index is 607. The highest BCUT2D eigenvalue weighted by atomic mass is 16.6. The molecule has 1 aromatic carbocycles. The van der Waals surface area contributed by atoms with Crippen LogP contribution >= 0.6 is 0 Å². The van der Waals surface area contributed by atoms with Crippen LogP contribution in [-0.2, 0) is 14.3 Å². The molecule has 7 heteroatoms. The number of hydrogen-bond donors (Lipinski definition) is 4. The van der Waals surface area contributed by atoms with E-state index in [1.807, 2.05) is 0 Å². The van der Waals surface area contributed by atoms with Gasteiger partial charge in [-0.15, -0.1) is 0 Å². The van der Waals surface area contributed by atoms with Crippen molar-refractivity contribution < 1.29 is 34.8 Å². The molecule has 0 amide bonds. The first-order valence-corrected chi connectivity index (χ1v) is 7.12.